The van der Waals surface area contributed by atoms with Crippen molar-refractivity contribution in [3.63, 3.8) is 0 Å². The van der Waals surface area contributed by atoms with Crippen LogP contribution in [0.5, 0.6) is 0 Å². The summed E-state index contributed by atoms with van der Waals surface area (Å²) < 4.78 is 2.11. The fourth-order valence-electron chi connectivity index (χ4n) is 3.92. The van der Waals surface area contributed by atoms with Gasteiger partial charge < -0.3 is 4.57 Å². The summed E-state index contributed by atoms with van der Waals surface area (Å²) in [6.07, 6.45) is 1.91. The molecule has 4 rings (SSSR count). The molecule has 1 amide bonds. The van der Waals surface area contributed by atoms with E-state index in [-0.39, 0.29) is 5.91 Å². The molecular formula is C25H26N4OS2. The van der Waals surface area contributed by atoms with Crippen molar-refractivity contribution in [1.29, 1.82) is 0 Å². The zero-order valence-corrected chi connectivity index (χ0v) is 20.5. The van der Waals surface area contributed by atoms with Crippen LogP contribution in [0.25, 0.3) is 11.3 Å². The Labute approximate surface area is 197 Å². The van der Waals surface area contributed by atoms with E-state index in [1.807, 2.05) is 50.7 Å². The highest BCUT2D eigenvalue weighted by Gasteiger charge is 2.22. The SMILES string of the molecule is CC(=O)N(c1nc(CSc2ncc(-c3ccccc3)n2C)cs1)c1c(C)cc(C)cc1C. The Kier molecular flexibility index (Phi) is 6.48. The minimum absolute atomic E-state index is 0.0368. The summed E-state index contributed by atoms with van der Waals surface area (Å²) in [4.78, 5) is 23.7. The minimum atomic E-state index is -0.0368. The Hall–Kier alpha value is -2.90. The first-order chi connectivity index (χ1) is 15.3. The number of amides is 1. The second kappa shape index (κ2) is 9.30. The fraction of sp³-hybridized carbons (Fsp3) is 0.240. The van der Waals surface area contributed by atoms with Crippen molar-refractivity contribution in [2.75, 3.05) is 4.90 Å². The molecule has 0 radical (unpaired) electrons. The molecular weight excluding hydrogens is 436 g/mol. The molecule has 4 aromatic rings. The minimum Gasteiger partial charge on any atom is -0.322 e. The molecule has 2 aromatic heterocycles. The monoisotopic (exact) mass is 462 g/mol. The van der Waals surface area contributed by atoms with Crippen LogP contribution in [0, 0.1) is 20.8 Å². The predicted octanol–water partition coefficient (Wildman–Crippen LogP) is 6.45. The highest BCUT2D eigenvalue weighted by atomic mass is 32.2. The number of anilines is 2. The molecule has 0 saturated carbocycles. The van der Waals surface area contributed by atoms with Crippen molar-refractivity contribution >= 4 is 39.8 Å². The van der Waals surface area contributed by atoms with E-state index in [0.717, 1.165) is 38.9 Å². The van der Waals surface area contributed by atoms with Gasteiger partial charge in [-0.25, -0.2) is 9.97 Å². The number of nitrogens with zero attached hydrogens (tertiary/aromatic N) is 4. The lowest BCUT2D eigenvalue weighted by molar-refractivity contribution is -0.115. The van der Waals surface area contributed by atoms with Crippen LogP contribution in [-0.4, -0.2) is 20.4 Å². The number of benzene rings is 2. The van der Waals surface area contributed by atoms with Gasteiger partial charge in [-0.2, -0.15) is 0 Å². The number of carbonyl (C=O) groups excluding carboxylic acids is 1. The van der Waals surface area contributed by atoms with E-state index < -0.39 is 0 Å². The first-order valence-electron chi connectivity index (χ1n) is 10.4. The fourth-order valence-corrected chi connectivity index (χ4v) is 5.74. The maximum absolute atomic E-state index is 12.6. The van der Waals surface area contributed by atoms with Crippen molar-refractivity contribution in [3.05, 3.63) is 76.4 Å². The van der Waals surface area contributed by atoms with Crippen LogP contribution in [0.1, 0.15) is 29.3 Å². The maximum Gasteiger partial charge on any atom is 0.230 e. The third-order valence-electron chi connectivity index (χ3n) is 5.27. The number of hydrogen-bond acceptors (Lipinski definition) is 5. The van der Waals surface area contributed by atoms with Gasteiger partial charge in [-0.1, -0.05) is 59.8 Å². The Morgan fingerprint density at radius 2 is 1.81 bits per heavy atom. The van der Waals surface area contributed by atoms with Crippen LogP contribution in [0.4, 0.5) is 10.8 Å². The number of rotatable bonds is 6. The van der Waals surface area contributed by atoms with E-state index in [2.05, 4.69) is 40.7 Å². The van der Waals surface area contributed by atoms with E-state index >= 15 is 0 Å². The second-order valence-corrected chi connectivity index (χ2v) is 9.64. The number of hydrogen-bond donors (Lipinski definition) is 0. The molecule has 0 bridgehead atoms. The summed E-state index contributed by atoms with van der Waals surface area (Å²) in [5.41, 5.74) is 7.43. The van der Waals surface area contributed by atoms with E-state index in [9.17, 15) is 4.79 Å². The van der Waals surface area contributed by atoms with Crippen molar-refractivity contribution in [2.24, 2.45) is 7.05 Å². The predicted molar refractivity (Wildman–Crippen MR) is 134 cm³/mol. The highest BCUT2D eigenvalue weighted by molar-refractivity contribution is 7.98. The lowest BCUT2D eigenvalue weighted by Gasteiger charge is -2.23. The van der Waals surface area contributed by atoms with Crippen molar-refractivity contribution < 1.29 is 4.79 Å². The van der Waals surface area contributed by atoms with E-state index in [1.165, 1.54) is 16.9 Å². The molecule has 2 heterocycles. The first-order valence-corrected chi connectivity index (χ1v) is 12.2. The first kappa shape index (κ1) is 22.3. The molecule has 5 nitrogen and oxygen atoms in total. The zero-order chi connectivity index (χ0) is 22.8. The summed E-state index contributed by atoms with van der Waals surface area (Å²) in [6.45, 7) is 7.75. The van der Waals surface area contributed by atoms with Gasteiger partial charge in [0.1, 0.15) is 0 Å². The van der Waals surface area contributed by atoms with Gasteiger partial charge in [0.05, 0.1) is 23.3 Å². The van der Waals surface area contributed by atoms with Gasteiger partial charge in [0.2, 0.25) is 5.91 Å². The molecule has 164 valence electrons. The number of aryl methyl sites for hydroxylation is 3. The second-order valence-electron chi connectivity index (χ2n) is 7.86. The lowest BCUT2D eigenvalue weighted by atomic mass is 10.0. The Morgan fingerprint density at radius 3 is 2.47 bits per heavy atom. The largest absolute Gasteiger partial charge is 0.322 e. The molecule has 0 aliphatic carbocycles. The van der Waals surface area contributed by atoms with Crippen molar-refractivity contribution in [2.45, 2.75) is 38.6 Å². The summed E-state index contributed by atoms with van der Waals surface area (Å²) >= 11 is 3.14. The third kappa shape index (κ3) is 4.49. The molecule has 0 atom stereocenters. The van der Waals surface area contributed by atoms with Crippen LogP contribution in [0.15, 0.2) is 59.2 Å². The molecule has 32 heavy (non-hydrogen) atoms. The number of thioether (sulfide) groups is 1. The maximum atomic E-state index is 12.6. The molecule has 0 spiro atoms. The highest BCUT2D eigenvalue weighted by Crippen LogP contribution is 2.35. The number of imidazole rings is 1. The van der Waals surface area contributed by atoms with Crippen molar-refractivity contribution in [1.82, 2.24) is 14.5 Å². The van der Waals surface area contributed by atoms with Crippen LogP contribution >= 0.6 is 23.1 Å². The lowest BCUT2D eigenvalue weighted by Crippen LogP contribution is -2.24. The molecule has 7 heteroatoms. The van der Waals surface area contributed by atoms with Crippen LogP contribution < -0.4 is 4.90 Å². The number of thiazole rings is 1. The standard InChI is InChI=1S/C25H26N4OS2/c1-16-11-17(2)23(18(3)12-16)29(19(4)30)25-27-21(15-32-25)14-31-24-26-13-22(28(24)5)20-9-7-6-8-10-20/h6-13,15H,14H2,1-5H3. The molecule has 0 saturated heterocycles. The average Bonchev–Trinajstić information content (AvgIpc) is 3.36. The Morgan fingerprint density at radius 1 is 1.12 bits per heavy atom. The summed E-state index contributed by atoms with van der Waals surface area (Å²) in [5.74, 6) is 0.651. The van der Waals surface area contributed by atoms with Crippen molar-refractivity contribution in [3.8, 4) is 11.3 Å². The van der Waals surface area contributed by atoms with Gasteiger partial charge in [0.15, 0.2) is 10.3 Å². The van der Waals surface area contributed by atoms with Gasteiger partial charge in [0.25, 0.3) is 0 Å². The molecule has 0 unspecified atom stereocenters. The quantitative estimate of drug-likeness (QED) is 0.309. The molecule has 0 aliphatic heterocycles. The van der Waals surface area contributed by atoms with Gasteiger partial charge >= 0.3 is 0 Å². The summed E-state index contributed by atoms with van der Waals surface area (Å²) in [5, 5.41) is 3.66. The number of aromatic nitrogens is 3. The normalized spacial score (nSPS) is 11.0. The Balaban J connectivity index is 1.54. The van der Waals surface area contributed by atoms with E-state index in [1.54, 1.807) is 23.6 Å². The van der Waals surface area contributed by atoms with Gasteiger partial charge in [-0.3, -0.25) is 9.69 Å². The molecule has 0 fully saturated rings. The summed E-state index contributed by atoms with van der Waals surface area (Å²) in [7, 11) is 2.03. The smallest absolute Gasteiger partial charge is 0.230 e. The van der Waals surface area contributed by atoms with Crippen LogP contribution in [0.3, 0.4) is 0 Å². The van der Waals surface area contributed by atoms with Gasteiger partial charge in [0, 0.05) is 25.1 Å². The molecule has 0 aliphatic rings. The number of carbonyl (C=O) groups is 1. The van der Waals surface area contributed by atoms with E-state index in [0.29, 0.717) is 10.9 Å². The molecule has 2 aromatic carbocycles. The van der Waals surface area contributed by atoms with Crippen LogP contribution in [-0.2, 0) is 17.6 Å². The van der Waals surface area contributed by atoms with E-state index in [4.69, 9.17) is 4.98 Å². The summed E-state index contributed by atoms with van der Waals surface area (Å²) in [6, 6.07) is 14.5. The Bertz CT molecular complexity index is 1240. The van der Waals surface area contributed by atoms with Gasteiger partial charge in [-0.15, -0.1) is 11.3 Å². The topological polar surface area (TPSA) is 51.0 Å². The zero-order valence-electron chi connectivity index (χ0n) is 18.9. The van der Waals surface area contributed by atoms with Crippen LogP contribution in [0.2, 0.25) is 0 Å². The molecule has 0 N–H and O–H groups in total. The third-order valence-corrected chi connectivity index (χ3v) is 7.22. The average molecular weight is 463 g/mol. The van der Waals surface area contributed by atoms with Gasteiger partial charge in [-0.05, 0) is 37.5 Å².